The number of carbonyl (C=O) groups is 1. The molecule has 2 rings (SSSR count). The number of piperidine rings is 1. The zero-order valence-corrected chi connectivity index (χ0v) is 12.9. The molecule has 122 valence electrons. The number of hydrogen-bond donors (Lipinski definition) is 1. The second-order valence-corrected chi connectivity index (χ2v) is 7.54. The van der Waals surface area contributed by atoms with Crippen molar-refractivity contribution in [2.45, 2.75) is 44.3 Å². The largest absolute Gasteiger partial charge is 0.481 e. The van der Waals surface area contributed by atoms with Gasteiger partial charge in [0.15, 0.2) is 0 Å². The molecule has 7 nitrogen and oxygen atoms in total. The van der Waals surface area contributed by atoms with Crippen LogP contribution in [0.1, 0.15) is 32.1 Å². The summed E-state index contributed by atoms with van der Waals surface area (Å²) in [6.07, 6.45) is 2.75. The van der Waals surface area contributed by atoms with Gasteiger partial charge in [0.1, 0.15) is 0 Å². The summed E-state index contributed by atoms with van der Waals surface area (Å²) >= 11 is 0. The van der Waals surface area contributed by atoms with E-state index in [4.69, 9.17) is 14.6 Å². The quantitative estimate of drug-likeness (QED) is 0.732. The van der Waals surface area contributed by atoms with Crippen LogP contribution in [0.5, 0.6) is 0 Å². The Morgan fingerprint density at radius 3 is 2.57 bits per heavy atom. The van der Waals surface area contributed by atoms with Crippen LogP contribution < -0.4 is 0 Å². The molecule has 2 fully saturated rings. The highest BCUT2D eigenvalue weighted by Crippen LogP contribution is 2.20. The lowest BCUT2D eigenvalue weighted by atomic mass is 10.1. The summed E-state index contributed by atoms with van der Waals surface area (Å²) < 4.78 is 36.9. The molecule has 0 aromatic rings. The molecule has 1 atom stereocenters. The van der Waals surface area contributed by atoms with Crippen LogP contribution >= 0.6 is 0 Å². The van der Waals surface area contributed by atoms with Gasteiger partial charge in [-0.2, -0.15) is 0 Å². The van der Waals surface area contributed by atoms with Crippen LogP contribution in [0.2, 0.25) is 0 Å². The van der Waals surface area contributed by atoms with Crippen molar-refractivity contribution in [3.8, 4) is 0 Å². The van der Waals surface area contributed by atoms with E-state index in [0.29, 0.717) is 32.5 Å². The molecule has 0 bridgehead atoms. The Morgan fingerprint density at radius 1 is 1.29 bits per heavy atom. The topological polar surface area (TPSA) is 93.1 Å². The molecule has 2 aliphatic heterocycles. The van der Waals surface area contributed by atoms with Crippen LogP contribution in [0, 0.1) is 0 Å². The van der Waals surface area contributed by atoms with E-state index in [1.165, 1.54) is 4.31 Å². The number of nitrogens with zero attached hydrogens (tertiary/aromatic N) is 1. The Bertz CT molecular complexity index is 438. The molecule has 2 saturated heterocycles. The molecule has 0 aromatic heterocycles. The lowest BCUT2D eigenvalue weighted by Gasteiger charge is -2.31. The number of aliphatic carboxylic acids is 1. The standard InChI is InChI=1S/C13H23NO6S/c15-13(16)5-9-20-11-3-6-14(7-4-11)21(17,18)10-12-2-1-8-19-12/h11-12H,1-10H2,(H,15,16). The summed E-state index contributed by atoms with van der Waals surface area (Å²) in [6.45, 7) is 1.71. The van der Waals surface area contributed by atoms with E-state index in [0.717, 1.165) is 12.8 Å². The highest BCUT2D eigenvalue weighted by atomic mass is 32.2. The van der Waals surface area contributed by atoms with Crippen molar-refractivity contribution in [2.75, 3.05) is 32.1 Å². The minimum absolute atomic E-state index is 0.0163. The summed E-state index contributed by atoms with van der Waals surface area (Å²) in [6, 6.07) is 0. The zero-order valence-electron chi connectivity index (χ0n) is 12.1. The van der Waals surface area contributed by atoms with Crippen molar-refractivity contribution >= 4 is 16.0 Å². The first-order chi connectivity index (χ1) is 9.97. The molecule has 1 N–H and O–H groups in total. The van der Waals surface area contributed by atoms with Crippen molar-refractivity contribution < 1.29 is 27.8 Å². The number of rotatable bonds is 7. The molecule has 21 heavy (non-hydrogen) atoms. The molecule has 2 aliphatic rings. The number of carboxylic acids is 1. The molecule has 0 spiro atoms. The maximum atomic E-state index is 12.3. The average molecular weight is 321 g/mol. The van der Waals surface area contributed by atoms with Crippen LogP contribution in [-0.4, -0.2) is 68.1 Å². The third-order valence-corrected chi connectivity index (χ3v) is 5.83. The Balaban J connectivity index is 1.73. The van der Waals surface area contributed by atoms with Crippen molar-refractivity contribution in [3.05, 3.63) is 0 Å². The molecule has 0 aromatic carbocycles. The van der Waals surface area contributed by atoms with Crippen molar-refractivity contribution in [1.29, 1.82) is 0 Å². The third kappa shape index (κ3) is 5.21. The van der Waals surface area contributed by atoms with Crippen LogP contribution in [0.15, 0.2) is 0 Å². The van der Waals surface area contributed by atoms with Crippen LogP contribution in [-0.2, 0) is 24.3 Å². The van der Waals surface area contributed by atoms with E-state index >= 15 is 0 Å². The first-order valence-electron chi connectivity index (χ1n) is 7.40. The highest BCUT2D eigenvalue weighted by molar-refractivity contribution is 7.89. The predicted molar refractivity (Wildman–Crippen MR) is 75.6 cm³/mol. The van der Waals surface area contributed by atoms with Crippen molar-refractivity contribution in [2.24, 2.45) is 0 Å². The molecular weight excluding hydrogens is 298 g/mol. The normalized spacial score (nSPS) is 25.2. The lowest BCUT2D eigenvalue weighted by molar-refractivity contribution is -0.138. The number of hydrogen-bond acceptors (Lipinski definition) is 5. The fourth-order valence-electron chi connectivity index (χ4n) is 2.71. The van der Waals surface area contributed by atoms with Crippen LogP contribution in [0.4, 0.5) is 0 Å². The van der Waals surface area contributed by atoms with Crippen LogP contribution in [0.3, 0.4) is 0 Å². The monoisotopic (exact) mass is 321 g/mol. The van der Waals surface area contributed by atoms with E-state index in [2.05, 4.69) is 0 Å². The Morgan fingerprint density at radius 2 is 2.00 bits per heavy atom. The first kappa shape index (κ1) is 16.7. The zero-order chi connectivity index (χ0) is 15.3. The highest BCUT2D eigenvalue weighted by Gasteiger charge is 2.31. The first-order valence-corrected chi connectivity index (χ1v) is 9.01. The van der Waals surface area contributed by atoms with Gasteiger partial charge in [0.25, 0.3) is 0 Å². The van der Waals surface area contributed by atoms with E-state index in [9.17, 15) is 13.2 Å². The maximum absolute atomic E-state index is 12.3. The molecule has 0 amide bonds. The number of carboxylic acid groups (broad SMARTS) is 1. The number of sulfonamides is 1. The molecule has 1 unspecified atom stereocenters. The van der Waals surface area contributed by atoms with Gasteiger partial charge in [-0.15, -0.1) is 0 Å². The summed E-state index contributed by atoms with van der Waals surface area (Å²) in [5.74, 6) is -0.816. The fraction of sp³-hybridized carbons (Fsp3) is 0.923. The molecule has 0 saturated carbocycles. The van der Waals surface area contributed by atoms with E-state index in [1.807, 2.05) is 0 Å². The van der Waals surface area contributed by atoms with Crippen LogP contribution in [0.25, 0.3) is 0 Å². The molecule has 0 aliphatic carbocycles. The minimum atomic E-state index is -3.27. The van der Waals surface area contributed by atoms with E-state index in [-0.39, 0.29) is 31.0 Å². The van der Waals surface area contributed by atoms with Gasteiger partial charge in [0.05, 0.1) is 31.0 Å². The Kier molecular flexibility index (Phi) is 5.98. The summed E-state index contributed by atoms with van der Waals surface area (Å²) in [4.78, 5) is 10.4. The second-order valence-electron chi connectivity index (χ2n) is 5.53. The molecule has 0 radical (unpaired) electrons. The van der Waals surface area contributed by atoms with Gasteiger partial charge in [-0.1, -0.05) is 0 Å². The third-order valence-electron chi connectivity index (χ3n) is 3.88. The average Bonchev–Trinajstić information content (AvgIpc) is 2.91. The molecular formula is C13H23NO6S. The number of ether oxygens (including phenoxy) is 2. The van der Waals surface area contributed by atoms with Crippen molar-refractivity contribution in [1.82, 2.24) is 4.31 Å². The van der Waals surface area contributed by atoms with Gasteiger partial charge < -0.3 is 14.6 Å². The Labute approximate surface area is 125 Å². The summed E-state index contributed by atoms with van der Waals surface area (Å²) in [7, 11) is -3.27. The molecule has 2 heterocycles. The lowest BCUT2D eigenvalue weighted by Crippen LogP contribution is -2.43. The van der Waals surface area contributed by atoms with Gasteiger partial charge in [-0.05, 0) is 25.7 Å². The second kappa shape index (κ2) is 7.53. The SMILES string of the molecule is O=C(O)CCOC1CCN(S(=O)(=O)CC2CCCO2)CC1. The van der Waals surface area contributed by atoms with Gasteiger partial charge in [0.2, 0.25) is 10.0 Å². The van der Waals surface area contributed by atoms with E-state index in [1.54, 1.807) is 0 Å². The van der Waals surface area contributed by atoms with Crippen molar-refractivity contribution in [3.63, 3.8) is 0 Å². The Hall–Kier alpha value is -0.700. The van der Waals surface area contributed by atoms with Gasteiger partial charge in [-0.25, -0.2) is 12.7 Å². The summed E-state index contributed by atoms with van der Waals surface area (Å²) in [5.41, 5.74) is 0. The smallest absolute Gasteiger partial charge is 0.305 e. The van der Waals surface area contributed by atoms with Gasteiger partial charge in [-0.3, -0.25) is 4.79 Å². The maximum Gasteiger partial charge on any atom is 0.305 e. The summed E-state index contributed by atoms with van der Waals surface area (Å²) in [5, 5.41) is 8.55. The molecule has 8 heteroatoms. The minimum Gasteiger partial charge on any atom is -0.481 e. The predicted octanol–water partition coefficient (Wildman–Crippen LogP) is 0.451. The van der Waals surface area contributed by atoms with Gasteiger partial charge in [0, 0.05) is 19.7 Å². The fourth-order valence-corrected chi connectivity index (χ4v) is 4.42. The van der Waals surface area contributed by atoms with E-state index < -0.39 is 16.0 Å². The van der Waals surface area contributed by atoms with Gasteiger partial charge >= 0.3 is 5.97 Å².